The van der Waals surface area contributed by atoms with E-state index in [9.17, 15) is 0 Å². The molecule has 0 atom stereocenters. The summed E-state index contributed by atoms with van der Waals surface area (Å²) in [6.07, 6.45) is 2.51. The quantitative estimate of drug-likeness (QED) is 0.667. The molecule has 2 heterocycles. The Balaban J connectivity index is 2.30. The van der Waals surface area contributed by atoms with E-state index in [2.05, 4.69) is 9.97 Å². The van der Waals surface area contributed by atoms with Gasteiger partial charge < -0.3 is 0 Å². The van der Waals surface area contributed by atoms with Crippen LogP contribution in [0.15, 0.2) is 30.5 Å². The number of nitrogens with zero attached hydrogens (tertiary/aromatic N) is 3. The summed E-state index contributed by atoms with van der Waals surface area (Å²) in [5, 5.41) is 0.687. The Morgan fingerprint density at radius 3 is 2.67 bits per heavy atom. The second-order valence-electron chi connectivity index (χ2n) is 5.11. The van der Waals surface area contributed by atoms with Crippen LogP contribution < -0.4 is 0 Å². The van der Waals surface area contributed by atoms with Crippen LogP contribution in [0.4, 0.5) is 0 Å². The smallest absolute Gasteiger partial charge is 0.164 e. The second kappa shape index (κ2) is 5.66. The first-order valence-electron chi connectivity index (χ1n) is 6.76. The van der Waals surface area contributed by atoms with Gasteiger partial charge in [-0.25, -0.2) is 9.97 Å². The molecule has 0 aliphatic carbocycles. The third-order valence-electron chi connectivity index (χ3n) is 3.37. The van der Waals surface area contributed by atoms with Crippen molar-refractivity contribution >= 4 is 34.4 Å². The first kappa shape index (κ1) is 14.4. The van der Waals surface area contributed by atoms with Crippen LogP contribution in [-0.2, 0) is 6.42 Å². The van der Waals surface area contributed by atoms with Gasteiger partial charge >= 0.3 is 0 Å². The summed E-state index contributed by atoms with van der Waals surface area (Å²) in [4.78, 5) is 9.18. The van der Waals surface area contributed by atoms with Crippen LogP contribution in [0.1, 0.15) is 17.0 Å². The number of alkyl halides is 1. The SMILES string of the molecule is Cc1ccc(-n2c(CCCl)nc3cc(C)cnc32)c(Cl)c1. The summed E-state index contributed by atoms with van der Waals surface area (Å²) in [5.74, 6) is 1.38. The number of aromatic nitrogens is 3. The van der Waals surface area contributed by atoms with E-state index in [-0.39, 0.29) is 0 Å². The molecule has 0 amide bonds. The summed E-state index contributed by atoms with van der Waals surface area (Å²) < 4.78 is 2.00. The summed E-state index contributed by atoms with van der Waals surface area (Å²) in [5.41, 5.74) is 4.77. The predicted octanol–water partition coefficient (Wildman–Crippen LogP) is 4.47. The molecule has 0 saturated carbocycles. The van der Waals surface area contributed by atoms with E-state index >= 15 is 0 Å². The Labute approximate surface area is 133 Å². The zero-order valence-corrected chi connectivity index (χ0v) is 13.4. The van der Waals surface area contributed by atoms with Crippen LogP contribution in [0.5, 0.6) is 0 Å². The molecule has 3 rings (SSSR count). The molecule has 0 saturated heterocycles. The monoisotopic (exact) mass is 319 g/mol. The molecule has 5 heteroatoms. The van der Waals surface area contributed by atoms with Crippen LogP contribution in [0.25, 0.3) is 16.9 Å². The number of fused-ring (bicyclic) bond motifs is 1. The maximum absolute atomic E-state index is 6.42. The maximum Gasteiger partial charge on any atom is 0.164 e. The lowest BCUT2D eigenvalue weighted by Gasteiger charge is -2.10. The third-order valence-corrected chi connectivity index (χ3v) is 3.86. The number of hydrogen-bond donors (Lipinski definition) is 0. The molecule has 0 bridgehead atoms. The first-order chi connectivity index (χ1) is 10.1. The average Bonchev–Trinajstić information content (AvgIpc) is 2.76. The molecule has 3 nitrogen and oxygen atoms in total. The number of halogens is 2. The van der Waals surface area contributed by atoms with E-state index in [1.165, 1.54) is 0 Å². The molecule has 0 unspecified atom stereocenters. The van der Waals surface area contributed by atoms with E-state index in [1.807, 2.05) is 48.9 Å². The van der Waals surface area contributed by atoms with Crippen molar-refractivity contribution in [2.24, 2.45) is 0 Å². The number of aryl methyl sites for hydroxylation is 3. The van der Waals surface area contributed by atoms with Gasteiger partial charge in [0.05, 0.1) is 10.7 Å². The zero-order valence-electron chi connectivity index (χ0n) is 11.9. The number of imidazole rings is 1. The fraction of sp³-hybridized carbons (Fsp3) is 0.250. The van der Waals surface area contributed by atoms with E-state index in [0.717, 1.165) is 33.8 Å². The maximum atomic E-state index is 6.42. The molecular weight excluding hydrogens is 305 g/mol. The first-order valence-corrected chi connectivity index (χ1v) is 7.68. The minimum Gasteiger partial charge on any atom is -0.279 e. The van der Waals surface area contributed by atoms with Crippen molar-refractivity contribution in [2.75, 3.05) is 5.88 Å². The molecule has 0 aliphatic heterocycles. The van der Waals surface area contributed by atoms with Crippen molar-refractivity contribution in [3.63, 3.8) is 0 Å². The van der Waals surface area contributed by atoms with Crippen molar-refractivity contribution in [3.05, 3.63) is 52.4 Å². The standard InChI is InChI=1S/C16H15Cl2N3/c1-10-3-4-14(12(18)7-10)21-15(5-6-17)20-13-8-11(2)9-19-16(13)21/h3-4,7-9H,5-6H2,1-2H3. The van der Waals surface area contributed by atoms with Crippen molar-refractivity contribution in [2.45, 2.75) is 20.3 Å². The Kier molecular flexibility index (Phi) is 3.87. The highest BCUT2D eigenvalue weighted by Gasteiger charge is 2.15. The molecule has 0 spiro atoms. The van der Waals surface area contributed by atoms with Gasteiger partial charge in [0, 0.05) is 18.5 Å². The van der Waals surface area contributed by atoms with Crippen LogP contribution in [0, 0.1) is 13.8 Å². The van der Waals surface area contributed by atoms with Gasteiger partial charge in [0.25, 0.3) is 0 Å². The lowest BCUT2D eigenvalue weighted by atomic mass is 10.2. The Bertz CT molecular complexity index is 809. The molecule has 0 radical (unpaired) electrons. The normalized spacial score (nSPS) is 11.2. The van der Waals surface area contributed by atoms with Crippen molar-refractivity contribution in [3.8, 4) is 5.69 Å². The van der Waals surface area contributed by atoms with Gasteiger partial charge in [0.2, 0.25) is 0 Å². The molecule has 108 valence electrons. The highest BCUT2D eigenvalue weighted by Crippen LogP contribution is 2.27. The molecule has 2 aromatic heterocycles. The van der Waals surface area contributed by atoms with E-state index < -0.39 is 0 Å². The molecular formula is C16H15Cl2N3. The number of pyridine rings is 1. The average molecular weight is 320 g/mol. The summed E-state index contributed by atoms with van der Waals surface area (Å²) >= 11 is 12.3. The number of benzene rings is 1. The highest BCUT2D eigenvalue weighted by molar-refractivity contribution is 6.32. The van der Waals surface area contributed by atoms with Gasteiger partial charge in [-0.15, -0.1) is 11.6 Å². The number of hydrogen-bond acceptors (Lipinski definition) is 2. The largest absolute Gasteiger partial charge is 0.279 e. The zero-order chi connectivity index (χ0) is 15.0. The van der Waals surface area contributed by atoms with Gasteiger partial charge in [0.1, 0.15) is 11.3 Å². The fourth-order valence-electron chi connectivity index (χ4n) is 2.41. The highest BCUT2D eigenvalue weighted by atomic mass is 35.5. The molecule has 3 aromatic rings. The minimum absolute atomic E-state index is 0.506. The van der Waals surface area contributed by atoms with Crippen molar-refractivity contribution in [1.29, 1.82) is 0 Å². The van der Waals surface area contributed by atoms with E-state index in [0.29, 0.717) is 17.3 Å². The van der Waals surface area contributed by atoms with Gasteiger partial charge in [-0.1, -0.05) is 17.7 Å². The second-order valence-corrected chi connectivity index (χ2v) is 5.90. The number of rotatable bonds is 3. The van der Waals surface area contributed by atoms with E-state index in [1.54, 1.807) is 0 Å². The third kappa shape index (κ3) is 2.63. The Hall–Kier alpha value is -1.58. The van der Waals surface area contributed by atoms with Gasteiger partial charge in [-0.3, -0.25) is 4.57 Å². The van der Waals surface area contributed by atoms with Gasteiger partial charge in [-0.2, -0.15) is 0 Å². The van der Waals surface area contributed by atoms with Crippen molar-refractivity contribution in [1.82, 2.24) is 14.5 Å². The lowest BCUT2D eigenvalue weighted by Crippen LogP contribution is -2.04. The molecule has 21 heavy (non-hydrogen) atoms. The predicted molar refractivity (Wildman–Crippen MR) is 87.8 cm³/mol. The van der Waals surface area contributed by atoms with Crippen LogP contribution >= 0.6 is 23.2 Å². The molecule has 0 fully saturated rings. The molecule has 0 aliphatic rings. The Morgan fingerprint density at radius 1 is 1.14 bits per heavy atom. The van der Waals surface area contributed by atoms with Crippen LogP contribution in [-0.4, -0.2) is 20.4 Å². The summed E-state index contributed by atoms with van der Waals surface area (Å²) in [6.45, 7) is 4.02. The molecule has 0 N–H and O–H groups in total. The summed E-state index contributed by atoms with van der Waals surface area (Å²) in [6, 6.07) is 8.00. The van der Waals surface area contributed by atoms with Crippen LogP contribution in [0.2, 0.25) is 5.02 Å². The van der Waals surface area contributed by atoms with Crippen LogP contribution in [0.3, 0.4) is 0 Å². The van der Waals surface area contributed by atoms with Crippen molar-refractivity contribution < 1.29 is 0 Å². The van der Waals surface area contributed by atoms with Gasteiger partial charge in [-0.05, 0) is 43.2 Å². The van der Waals surface area contributed by atoms with E-state index in [4.69, 9.17) is 23.2 Å². The Morgan fingerprint density at radius 2 is 1.95 bits per heavy atom. The minimum atomic E-state index is 0.506. The topological polar surface area (TPSA) is 30.7 Å². The fourth-order valence-corrected chi connectivity index (χ4v) is 2.90. The lowest BCUT2D eigenvalue weighted by molar-refractivity contribution is 0.905. The summed E-state index contributed by atoms with van der Waals surface area (Å²) in [7, 11) is 0. The van der Waals surface area contributed by atoms with Gasteiger partial charge in [0.15, 0.2) is 5.65 Å². The molecule has 1 aromatic carbocycles.